The standard InChI is InChI=1S/C16H15FN4O3S/c1-3-4-12(24-11-7-5-10(17)6-8-11)14-18-19-15(25-14)21-13(22)9-20(2)16(21)23/h5-8,12-13,22H,9H2,1-2H3. The number of β-amino-alcohol motifs (C(OH)–C–C–N with tert-alkyl or cyclic N) is 1. The van der Waals surface area contributed by atoms with Crippen molar-refractivity contribution in [2.24, 2.45) is 0 Å². The van der Waals surface area contributed by atoms with E-state index in [1.54, 1.807) is 14.0 Å². The van der Waals surface area contributed by atoms with Gasteiger partial charge in [0.2, 0.25) is 11.2 Å². The van der Waals surface area contributed by atoms with E-state index in [0.717, 1.165) is 11.3 Å². The van der Waals surface area contributed by atoms with Gasteiger partial charge in [0, 0.05) is 7.05 Å². The minimum atomic E-state index is -0.980. The number of likely N-dealkylation sites (N-methyl/N-ethyl adjacent to an activating group) is 1. The first-order valence-corrected chi connectivity index (χ1v) is 8.21. The summed E-state index contributed by atoms with van der Waals surface area (Å²) in [5.41, 5.74) is 0. The number of aliphatic hydroxyl groups excluding tert-OH is 1. The predicted octanol–water partition coefficient (Wildman–Crippen LogP) is 2.01. The second-order valence-electron chi connectivity index (χ2n) is 5.28. The first kappa shape index (κ1) is 17.1. The molecule has 0 radical (unpaired) electrons. The molecule has 0 bridgehead atoms. The Labute approximate surface area is 147 Å². The van der Waals surface area contributed by atoms with Gasteiger partial charge in [0.15, 0.2) is 11.2 Å². The molecule has 1 aliphatic rings. The van der Waals surface area contributed by atoms with Crippen LogP contribution in [0.4, 0.5) is 14.3 Å². The molecule has 1 saturated heterocycles. The number of hydrogen-bond acceptors (Lipinski definition) is 6. The molecule has 2 heterocycles. The summed E-state index contributed by atoms with van der Waals surface area (Å²) >= 11 is 1.10. The molecule has 1 aliphatic heterocycles. The molecule has 130 valence electrons. The Kier molecular flexibility index (Phi) is 4.83. The number of anilines is 1. The lowest BCUT2D eigenvalue weighted by molar-refractivity contribution is 0.183. The van der Waals surface area contributed by atoms with Crippen LogP contribution < -0.4 is 9.64 Å². The second kappa shape index (κ2) is 7.04. The molecule has 2 amide bonds. The van der Waals surface area contributed by atoms with E-state index in [1.807, 2.05) is 0 Å². The van der Waals surface area contributed by atoms with E-state index >= 15 is 0 Å². The number of benzene rings is 1. The summed E-state index contributed by atoms with van der Waals surface area (Å²) in [5.74, 6) is 5.68. The lowest BCUT2D eigenvalue weighted by Gasteiger charge is -2.14. The number of halogens is 1. The summed E-state index contributed by atoms with van der Waals surface area (Å²) in [4.78, 5) is 14.6. The Morgan fingerprint density at radius 2 is 2.12 bits per heavy atom. The molecular weight excluding hydrogens is 347 g/mol. The highest BCUT2D eigenvalue weighted by atomic mass is 32.1. The zero-order valence-electron chi connectivity index (χ0n) is 13.5. The van der Waals surface area contributed by atoms with E-state index in [-0.39, 0.29) is 23.5 Å². The van der Waals surface area contributed by atoms with Crippen LogP contribution in [0.15, 0.2) is 24.3 Å². The van der Waals surface area contributed by atoms with Crippen LogP contribution in [0.25, 0.3) is 0 Å². The van der Waals surface area contributed by atoms with Crippen LogP contribution in [0, 0.1) is 17.7 Å². The number of nitrogens with zero attached hydrogens (tertiary/aromatic N) is 4. The monoisotopic (exact) mass is 362 g/mol. The first-order valence-electron chi connectivity index (χ1n) is 7.40. The van der Waals surface area contributed by atoms with E-state index < -0.39 is 12.3 Å². The van der Waals surface area contributed by atoms with E-state index in [2.05, 4.69) is 22.0 Å². The molecule has 3 rings (SSSR count). The molecule has 1 aromatic carbocycles. The fourth-order valence-corrected chi connectivity index (χ4v) is 3.14. The number of ether oxygens (including phenoxy) is 1. The third kappa shape index (κ3) is 3.55. The van der Waals surface area contributed by atoms with Crippen molar-refractivity contribution >= 4 is 22.5 Å². The van der Waals surface area contributed by atoms with Crippen molar-refractivity contribution in [3.8, 4) is 17.6 Å². The normalized spacial score (nSPS) is 18.1. The Morgan fingerprint density at radius 3 is 2.72 bits per heavy atom. The second-order valence-corrected chi connectivity index (χ2v) is 6.27. The SMILES string of the molecule is CC#CC(Oc1ccc(F)cc1)c1nnc(N2C(=O)N(C)CC2O)s1. The number of rotatable bonds is 4. The van der Waals surface area contributed by atoms with Gasteiger partial charge in [-0.05, 0) is 31.2 Å². The molecule has 7 nitrogen and oxygen atoms in total. The van der Waals surface area contributed by atoms with E-state index in [1.165, 1.54) is 34.1 Å². The Hall–Kier alpha value is -2.70. The van der Waals surface area contributed by atoms with Crippen molar-refractivity contribution in [2.75, 3.05) is 18.5 Å². The molecule has 1 fully saturated rings. The van der Waals surface area contributed by atoms with E-state index in [9.17, 15) is 14.3 Å². The fourth-order valence-electron chi connectivity index (χ4n) is 2.28. The van der Waals surface area contributed by atoms with Crippen molar-refractivity contribution in [2.45, 2.75) is 19.3 Å². The van der Waals surface area contributed by atoms with Crippen molar-refractivity contribution in [3.63, 3.8) is 0 Å². The van der Waals surface area contributed by atoms with E-state index in [0.29, 0.717) is 10.8 Å². The molecule has 1 aromatic heterocycles. The summed E-state index contributed by atoms with van der Waals surface area (Å²) in [6.07, 6.45) is -1.69. The minimum absolute atomic E-state index is 0.192. The summed E-state index contributed by atoms with van der Waals surface area (Å²) in [5, 5.41) is 18.7. The van der Waals surface area contributed by atoms with E-state index in [4.69, 9.17) is 4.74 Å². The van der Waals surface area contributed by atoms with Crippen LogP contribution >= 0.6 is 11.3 Å². The Morgan fingerprint density at radius 1 is 1.40 bits per heavy atom. The number of carbonyl (C=O) groups is 1. The van der Waals surface area contributed by atoms with Crippen LogP contribution in [0.2, 0.25) is 0 Å². The van der Waals surface area contributed by atoms with Gasteiger partial charge in [-0.2, -0.15) is 0 Å². The van der Waals surface area contributed by atoms with Gasteiger partial charge in [-0.1, -0.05) is 17.3 Å². The largest absolute Gasteiger partial charge is 0.470 e. The summed E-state index contributed by atoms with van der Waals surface area (Å²) in [6.45, 7) is 1.85. The molecule has 25 heavy (non-hydrogen) atoms. The Balaban J connectivity index is 1.83. The number of amides is 2. The van der Waals surface area contributed by atoms with Gasteiger partial charge in [-0.15, -0.1) is 16.1 Å². The lowest BCUT2D eigenvalue weighted by Crippen LogP contribution is -2.34. The maximum atomic E-state index is 13.0. The van der Waals surface area contributed by atoms with Gasteiger partial charge in [-0.25, -0.2) is 14.1 Å². The van der Waals surface area contributed by atoms with Gasteiger partial charge < -0.3 is 14.7 Å². The van der Waals surface area contributed by atoms with Gasteiger partial charge in [0.25, 0.3) is 0 Å². The molecule has 2 atom stereocenters. The smallest absolute Gasteiger partial charge is 0.328 e. The van der Waals surface area contributed by atoms with Crippen molar-refractivity contribution < 1.29 is 19.0 Å². The van der Waals surface area contributed by atoms with Gasteiger partial charge >= 0.3 is 6.03 Å². The molecule has 1 N–H and O–H groups in total. The van der Waals surface area contributed by atoms with Crippen molar-refractivity contribution in [3.05, 3.63) is 35.1 Å². The first-order chi connectivity index (χ1) is 12.0. The van der Waals surface area contributed by atoms with Gasteiger partial charge in [0.05, 0.1) is 6.54 Å². The fraction of sp³-hybridized carbons (Fsp3) is 0.312. The third-order valence-corrected chi connectivity index (χ3v) is 4.44. The highest BCUT2D eigenvalue weighted by molar-refractivity contribution is 7.15. The van der Waals surface area contributed by atoms with Gasteiger partial charge in [-0.3, -0.25) is 0 Å². The number of aliphatic hydroxyl groups is 1. The predicted molar refractivity (Wildman–Crippen MR) is 89.6 cm³/mol. The zero-order valence-corrected chi connectivity index (χ0v) is 14.3. The summed E-state index contributed by atoms with van der Waals surface area (Å²) < 4.78 is 18.7. The average molecular weight is 362 g/mol. The molecule has 0 aliphatic carbocycles. The number of aromatic nitrogens is 2. The molecule has 0 saturated carbocycles. The summed E-state index contributed by atoms with van der Waals surface area (Å²) in [6, 6.07) is 5.20. The van der Waals surface area contributed by atoms with Gasteiger partial charge in [0.1, 0.15) is 11.6 Å². The molecule has 0 spiro atoms. The quantitative estimate of drug-likeness (QED) is 0.842. The van der Waals surface area contributed by atoms with Crippen LogP contribution in [-0.4, -0.2) is 46.1 Å². The highest BCUT2D eigenvalue weighted by Gasteiger charge is 2.37. The third-order valence-electron chi connectivity index (χ3n) is 3.47. The molecule has 2 aromatic rings. The maximum absolute atomic E-state index is 13.0. The Bertz CT molecular complexity index is 830. The minimum Gasteiger partial charge on any atom is -0.470 e. The number of hydrogen-bond donors (Lipinski definition) is 1. The van der Waals surface area contributed by atoms with Crippen LogP contribution in [0.3, 0.4) is 0 Å². The lowest BCUT2D eigenvalue weighted by atomic mass is 10.3. The van der Waals surface area contributed by atoms with Crippen molar-refractivity contribution in [1.82, 2.24) is 15.1 Å². The average Bonchev–Trinajstić information content (AvgIpc) is 3.14. The molecule has 2 unspecified atom stereocenters. The van der Waals surface area contributed by atoms with Crippen LogP contribution in [0.5, 0.6) is 5.75 Å². The molecular formula is C16H15FN4O3S. The number of carbonyl (C=O) groups excluding carboxylic acids is 1. The molecule has 9 heteroatoms. The maximum Gasteiger partial charge on any atom is 0.328 e. The number of urea groups is 1. The van der Waals surface area contributed by atoms with Crippen LogP contribution in [0.1, 0.15) is 18.0 Å². The topological polar surface area (TPSA) is 78.8 Å². The zero-order chi connectivity index (χ0) is 18.0. The van der Waals surface area contributed by atoms with Crippen molar-refractivity contribution in [1.29, 1.82) is 0 Å². The summed E-state index contributed by atoms with van der Waals surface area (Å²) in [7, 11) is 1.59. The highest BCUT2D eigenvalue weighted by Crippen LogP contribution is 2.31. The van der Waals surface area contributed by atoms with Crippen LogP contribution in [-0.2, 0) is 0 Å².